The van der Waals surface area contributed by atoms with Crippen LogP contribution in [0.3, 0.4) is 0 Å². The largest absolute Gasteiger partial charge is 0.416 e. The van der Waals surface area contributed by atoms with Crippen molar-refractivity contribution in [3.63, 3.8) is 0 Å². The summed E-state index contributed by atoms with van der Waals surface area (Å²) in [7, 11) is 0. The first kappa shape index (κ1) is 27.2. The summed E-state index contributed by atoms with van der Waals surface area (Å²) in [4.78, 5) is 24.6. The number of carbonyl (C=O) groups excluding carboxylic acids is 2. The molecule has 0 spiro atoms. The summed E-state index contributed by atoms with van der Waals surface area (Å²) in [6, 6.07) is 16.3. The highest BCUT2D eigenvalue weighted by Gasteiger charge is 2.33. The number of rotatable bonds is 7. The summed E-state index contributed by atoms with van der Waals surface area (Å²) in [5, 5.41) is 16.8. The van der Waals surface area contributed by atoms with E-state index in [9.17, 15) is 22.8 Å². The average molecular weight is 608 g/mol. The summed E-state index contributed by atoms with van der Waals surface area (Å²) in [5.74, 6) is -0.627. The van der Waals surface area contributed by atoms with Crippen LogP contribution in [0.15, 0.2) is 66.7 Å². The summed E-state index contributed by atoms with van der Waals surface area (Å²) in [6.07, 6.45) is -5.03. The molecule has 0 atom stereocenters. The number of nitrogens with one attached hydrogen (secondary N) is 4. The van der Waals surface area contributed by atoms with Crippen molar-refractivity contribution in [1.29, 1.82) is 5.41 Å². The molecule has 10 heteroatoms. The average Bonchev–Trinajstić information content (AvgIpc) is 2.79. The fraction of sp³-hybridized carbons (Fsp3) is 0.192. The fourth-order valence-electron chi connectivity index (χ4n) is 3.46. The van der Waals surface area contributed by atoms with Gasteiger partial charge in [-0.3, -0.25) is 10.2 Å². The van der Waals surface area contributed by atoms with Crippen LogP contribution in [0, 0.1) is 8.98 Å². The molecule has 0 unspecified atom stereocenters. The van der Waals surface area contributed by atoms with Crippen molar-refractivity contribution in [2.75, 3.05) is 10.6 Å². The topological polar surface area (TPSA) is 94.1 Å². The predicted octanol–water partition coefficient (Wildman–Crippen LogP) is 6.44. The van der Waals surface area contributed by atoms with Crippen molar-refractivity contribution in [3.05, 3.63) is 92.6 Å². The lowest BCUT2D eigenvalue weighted by Gasteiger charge is -2.15. The molecular formula is C26H24F3IN4O2. The van der Waals surface area contributed by atoms with Gasteiger partial charge in [-0.2, -0.15) is 13.2 Å². The van der Waals surface area contributed by atoms with Crippen molar-refractivity contribution in [2.24, 2.45) is 0 Å². The van der Waals surface area contributed by atoms with Crippen LogP contribution in [0.1, 0.15) is 36.1 Å². The van der Waals surface area contributed by atoms with Gasteiger partial charge in [0.05, 0.1) is 23.4 Å². The first-order valence-corrected chi connectivity index (χ1v) is 12.0. The number of hydrogen-bond acceptors (Lipinski definition) is 3. The maximum atomic E-state index is 13.3. The molecule has 0 aliphatic carbocycles. The Morgan fingerprint density at radius 2 is 1.64 bits per heavy atom. The van der Waals surface area contributed by atoms with Gasteiger partial charge in [-0.25, -0.2) is 4.79 Å². The lowest BCUT2D eigenvalue weighted by atomic mass is 10.00. The van der Waals surface area contributed by atoms with Crippen molar-refractivity contribution < 1.29 is 22.8 Å². The third-order valence-electron chi connectivity index (χ3n) is 5.05. The minimum Gasteiger partial charge on any atom is -0.336 e. The van der Waals surface area contributed by atoms with Crippen LogP contribution in [0.4, 0.5) is 29.3 Å². The highest BCUT2D eigenvalue weighted by Crippen LogP contribution is 2.32. The highest BCUT2D eigenvalue weighted by molar-refractivity contribution is 14.1. The van der Waals surface area contributed by atoms with Gasteiger partial charge in [0.1, 0.15) is 0 Å². The number of alkyl halides is 3. The Morgan fingerprint density at radius 1 is 0.972 bits per heavy atom. The van der Waals surface area contributed by atoms with E-state index in [-0.39, 0.29) is 23.3 Å². The van der Waals surface area contributed by atoms with Crippen LogP contribution in [0.25, 0.3) is 0 Å². The van der Waals surface area contributed by atoms with Crippen molar-refractivity contribution in [3.8, 4) is 0 Å². The number of benzene rings is 3. The van der Waals surface area contributed by atoms with Gasteiger partial charge in [0.25, 0.3) is 0 Å². The van der Waals surface area contributed by atoms with Crippen molar-refractivity contribution in [2.45, 2.75) is 32.5 Å². The first-order chi connectivity index (χ1) is 16.9. The maximum Gasteiger partial charge on any atom is 0.416 e. The molecule has 0 aliphatic rings. The van der Waals surface area contributed by atoms with E-state index in [0.717, 1.165) is 9.64 Å². The Kier molecular flexibility index (Phi) is 8.72. The molecule has 3 aromatic carbocycles. The van der Waals surface area contributed by atoms with Gasteiger partial charge in [-0.1, -0.05) is 30.3 Å². The molecule has 6 nitrogen and oxygen atoms in total. The number of carbonyl (C=O) groups is 2. The van der Waals surface area contributed by atoms with Gasteiger partial charge in [0.15, 0.2) is 0 Å². The molecule has 0 saturated carbocycles. The molecule has 0 heterocycles. The van der Waals surface area contributed by atoms with E-state index >= 15 is 0 Å². The zero-order valence-electron chi connectivity index (χ0n) is 19.5. The third-order valence-corrected chi connectivity index (χ3v) is 5.72. The lowest BCUT2D eigenvalue weighted by molar-refractivity contribution is -0.138. The van der Waals surface area contributed by atoms with Gasteiger partial charge >= 0.3 is 12.2 Å². The summed E-state index contributed by atoms with van der Waals surface area (Å²) < 4.78 is 40.7. The second kappa shape index (κ2) is 11.5. The van der Waals surface area contributed by atoms with Crippen molar-refractivity contribution in [1.82, 2.24) is 5.32 Å². The van der Waals surface area contributed by atoms with Crippen LogP contribution in [-0.4, -0.2) is 23.7 Å². The van der Waals surface area contributed by atoms with E-state index in [2.05, 4.69) is 38.5 Å². The smallest absolute Gasteiger partial charge is 0.336 e. The van der Waals surface area contributed by atoms with E-state index in [1.54, 1.807) is 42.5 Å². The zero-order chi connectivity index (χ0) is 26.5. The molecule has 188 valence electrons. The molecule has 36 heavy (non-hydrogen) atoms. The van der Waals surface area contributed by atoms with Gasteiger partial charge in [0.2, 0.25) is 5.91 Å². The molecule has 0 fully saturated rings. The minimum atomic E-state index is -4.57. The molecule has 0 aromatic heterocycles. The normalized spacial score (nSPS) is 11.2. The lowest BCUT2D eigenvalue weighted by Crippen LogP contribution is -2.34. The van der Waals surface area contributed by atoms with E-state index in [0.29, 0.717) is 22.5 Å². The Hall–Kier alpha value is -3.41. The maximum absolute atomic E-state index is 13.3. The first-order valence-electron chi connectivity index (χ1n) is 11.0. The Labute approximate surface area is 220 Å². The predicted molar refractivity (Wildman–Crippen MR) is 143 cm³/mol. The molecular weight excluding hydrogens is 584 g/mol. The number of anilines is 2. The molecule has 4 N–H and O–H groups in total. The second-order valence-electron chi connectivity index (χ2n) is 8.28. The number of urea groups is 1. The monoisotopic (exact) mass is 608 g/mol. The Morgan fingerprint density at radius 3 is 2.28 bits per heavy atom. The van der Waals surface area contributed by atoms with Crippen LogP contribution < -0.4 is 16.0 Å². The molecule has 0 saturated heterocycles. The SMILES string of the molecule is CC(C)NC(=O)Nc1ccc(C(=N)c2cc(I)ccc2NC(=O)Cc2ccccc2C(F)(F)F)cc1. The Bertz CT molecular complexity index is 1270. The highest BCUT2D eigenvalue weighted by atomic mass is 127. The summed E-state index contributed by atoms with van der Waals surface area (Å²) in [5.41, 5.74) is 0.929. The summed E-state index contributed by atoms with van der Waals surface area (Å²) >= 11 is 2.08. The van der Waals surface area contributed by atoms with Crippen LogP contribution >= 0.6 is 22.6 Å². The van der Waals surface area contributed by atoms with Gasteiger partial charge < -0.3 is 16.0 Å². The molecule has 0 bridgehead atoms. The van der Waals surface area contributed by atoms with E-state index < -0.39 is 24.1 Å². The van der Waals surface area contributed by atoms with Crippen LogP contribution in [0.5, 0.6) is 0 Å². The third kappa shape index (κ3) is 7.30. The van der Waals surface area contributed by atoms with Gasteiger partial charge in [-0.15, -0.1) is 0 Å². The molecule has 0 radical (unpaired) electrons. The second-order valence-corrected chi connectivity index (χ2v) is 9.52. The molecule has 3 aromatic rings. The molecule has 3 rings (SSSR count). The number of halogens is 4. The number of amides is 3. The summed E-state index contributed by atoms with van der Waals surface area (Å²) in [6.45, 7) is 3.69. The van der Waals surface area contributed by atoms with Crippen molar-refractivity contribution >= 4 is 51.6 Å². The van der Waals surface area contributed by atoms with Crippen LogP contribution in [0.2, 0.25) is 0 Å². The molecule has 0 aliphatic heterocycles. The number of hydrogen-bond donors (Lipinski definition) is 4. The van der Waals surface area contributed by atoms with E-state index in [1.165, 1.54) is 18.2 Å². The standard InChI is InChI=1S/C26H24F3IN4O2/c1-15(2)32-25(36)33-19-10-7-16(8-11-19)24(31)20-14-18(30)9-12-22(20)34-23(35)13-17-5-3-4-6-21(17)26(27,28)29/h3-12,14-15,31H,13H2,1-2H3,(H,34,35)(H2,32,33,36). The van der Waals surface area contributed by atoms with E-state index in [1.807, 2.05) is 13.8 Å². The minimum absolute atomic E-state index is 0.0198. The van der Waals surface area contributed by atoms with Gasteiger partial charge in [0, 0.05) is 26.4 Å². The Balaban J connectivity index is 1.79. The quantitative estimate of drug-likeness (QED) is 0.184. The molecule has 3 amide bonds. The van der Waals surface area contributed by atoms with Gasteiger partial charge in [-0.05, 0) is 78.4 Å². The van der Waals surface area contributed by atoms with Crippen LogP contribution in [-0.2, 0) is 17.4 Å². The van der Waals surface area contributed by atoms with E-state index in [4.69, 9.17) is 5.41 Å². The zero-order valence-corrected chi connectivity index (χ0v) is 21.6. The fourth-order valence-corrected chi connectivity index (χ4v) is 3.95.